The van der Waals surface area contributed by atoms with Gasteiger partial charge in [0.05, 0.1) is 12.1 Å². The minimum atomic E-state index is -0.538. The van der Waals surface area contributed by atoms with E-state index in [1.165, 1.54) is 0 Å². The highest BCUT2D eigenvalue weighted by molar-refractivity contribution is 5.68. The highest BCUT2D eigenvalue weighted by Gasteiger charge is 2.19. The molecule has 190 valence electrons. The molecule has 6 nitrogen and oxygen atoms in total. The van der Waals surface area contributed by atoms with Crippen molar-refractivity contribution in [3.05, 3.63) is 70.8 Å². The lowest BCUT2D eigenvalue weighted by atomic mass is 10.1. The lowest BCUT2D eigenvalue weighted by molar-refractivity contribution is 0.0496. The first-order valence-electron chi connectivity index (χ1n) is 11.9. The van der Waals surface area contributed by atoms with E-state index in [0.717, 1.165) is 22.3 Å². The Bertz CT molecular complexity index is 1070. The standard InChI is InChI=1S/C30H36N2O4/c1-21(31-27(33)35-29(3,4)5)25-17-13-23(14-18-25)11-9-10-12-24-15-19-26(20-16-24)22(2)32-28(34)36-30(6,7)8/h13-22H,1-8H3,(H,31,33)(H,32,34)/t21-,22-/m0/s1. The van der Waals surface area contributed by atoms with Crippen LogP contribution in [0.5, 0.6) is 0 Å². The number of alkyl carbamates (subject to hydrolysis) is 2. The van der Waals surface area contributed by atoms with E-state index in [0.29, 0.717) is 0 Å². The van der Waals surface area contributed by atoms with Gasteiger partial charge < -0.3 is 20.1 Å². The average molecular weight is 489 g/mol. The van der Waals surface area contributed by atoms with Gasteiger partial charge >= 0.3 is 12.2 Å². The van der Waals surface area contributed by atoms with Crippen LogP contribution in [-0.4, -0.2) is 23.4 Å². The van der Waals surface area contributed by atoms with E-state index in [1.807, 2.05) is 104 Å². The zero-order valence-corrected chi connectivity index (χ0v) is 22.4. The van der Waals surface area contributed by atoms with E-state index in [9.17, 15) is 9.59 Å². The summed E-state index contributed by atoms with van der Waals surface area (Å²) >= 11 is 0. The Morgan fingerprint density at radius 2 is 0.944 bits per heavy atom. The lowest BCUT2D eigenvalue weighted by Gasteiger charge is -2.22. The molecular formula is C30H36N2O4. The fraction of sp³-hybridized carbons (Fsp3) is 0.400. The maximum Gasteiger partial charge on any atom is 0.408 e. The second-order valence-corrected chi connectivity index (χ2v) is 10.5. The number of hydrogen-bond donors (Lipinski definition) is 2. The molecule has 0 aliphatic heterocycles. The van der Waals surface area contributed by atoms with Crippen LogP contribution >= 0.6 is 0 Å². The summed E-state index contributed by atoms with van der Waals surface area (Å²) in [6, 6.07) is 14.9. The molecule has 0 unspecified atom stereocenters. The molecule has 0 saturated heterocycles. The third kappa shape index (κ3) is 10.6. The van der Waals surface area contributed by atoms with Crippen LogP contribution in [-0.2, 0) is 9.47 Å². The molecule has 0 spiro atoms. The fourth-order valence-corrected chi connectivity index (χ4v) is 3.05. The predicted octanol–water partition coefficient (Wildman–Crippen LogP) is 6.26. The van der Waals surface area contributed by atoms with E-state index >= 15 is 0 Å². The molecule has 0 fully saturated rings. The zero-order chi connectivity index (χ0) is 26.9. The third-order valence-electron chi connectivity index (χ3n) is 4.76. The normalized spacial score (nSPS) is 12.6. The highest BCUT2D eigenvalue weighted by Crippen LogP contribution is 2.16. The van der Waals surface area contributed by atoms with Gasteiger partial charge in [0.1, 0.15) is 11.2 Å². The minimum Gasteiger partial charge on any atom is -0.444 e. The fourth-order valence-electron chi connectivity index (χ4n) is 3.05. The Morgan fingerprint density at radius 3 is 1.22 bits per heavy atom. The van der Waals surface area contributed by atoms with Crippen molar-refractivity contribution in [1.82, 2.24) is 10.6 Å². The summed E-state index contributed by atoms with van der Waals surface area (Å²) in [6.07, 6.45) is -0.896. The largest absolute Gasteiger partial charge is 0.444 e. The summed E-state index contributed by atoms with van der Waals surface area (Å²) in [6.45, 7) is 14.8. The molecule has 0 heterocycles. The first-order chi connectivity index (χ1) is 16.7. The van der Waals surface area contributed by atoms with Crippen LogP contribution in [0, 0.1) is 23.7 Å². The second kappa shape index (κ2) is 12.2. The summed E-state index contributed by atoms with van der Waals surface area (Å²) in [5.74, 6) is 11.8. The molecule has 2 amide bonds. The second-order valence-electron chi connectivity index (χ2n) is 10.5. The maximum absolute atomic E-state index is 11.9. The molecule has 0 aliphatic carbocycles. The van der Waals surface area contributed by atoms with Crippen molar-refractivity contribution in [2.45, 2.75) is 78.7 Å². The van der Waals surface area contributed by atoms with Gasteiger partial charge in [0.2, 0.25) is 0 Å². The van der Waals surface area contributed by atoms with Gasteiger partial charge in [-0.25, -0.2) is 9.59 Å². The van der Waals surface area contributed by atoms with Crippen molar-refractivity contribution >= 4 is 12.2 Å². The number of ether oxygens (including phenoxy) is 2. The Balaban J connectivity index is 1.92. The van der Waals surface area contributed by atoms with E-state index in [2.05, 4.69) is 34.3 Å². The van der Waals surface area contributed by atoms with Gasteiger partial charge in [0.25, 0.3) is 0 Å². The molecular weight excluding hydrogens is 452 g/mol. The first-order valence-corrected chi connectivity index (χ1v) is 11.9. The van der Waals surface area contributed by atoms with Crippen molar-refractivity contribution in [1.29, 1.82) is 0 Å². The van der Waals surface area contributed by atoms with Gasteiger partial charge in [-0.05, 0) is 103 Å². The van der Waals surface area contributed by atoms with E-state index in [1.54, 1.807) is 0 Å². The Morgan fingerprint density at radius 1 is 0.639 bits per heavy atom. The van der Waals surface area contributed by atoms with Gasteiger partial charge in [-0.1, -0.05) is 36.1 Å². The predicted molar refractivity (Wildman–Crippen MR) is 142 cm³/mol. The Labute approximate surface area is 215 Å². The average Bonchev–Trinajstić information content (AvgIpc) is 2.74. The number of rotatable bonds is 4. The molecule has 2 aromatic rings. The molecule has 2 atom stereocenters. The monoisotopic (exact) mass is 488 g/mol. The number of benzene rings is 2. The van der Waals surface area contributed by atoms with Crippen LogP contribution in [0.1, 0.15) is 89.7 Å². The third-order valence-corrected chi connectivity index (χ3v) is 4.76. The van der Waals surface area contributed by atoms with Crippen molar-refractivity contribution in [2.75, 3.05) is 0 Å². The van der Waals surface area contributed by atoms with Crippen molar-refractivity contribution < 1.29 is 19.1 Å². The van der Waals surface area contributed by atoms with E-state index in [4.69, 9.17) is 9.47 Å². The number of hydrogen-bond acceptors (Lipinski definition) is 4. The molecule has 2 rings (SSSR count). The van der Waals surface area contributed by atoms with Gasteiger partial charge in [0.15, 0.2) is 0 Å². The van der Waals surface area contributed by atoms with Crippen molar-refractivity contribution in [3.63, 3.8) is 0 Å². The summed E-state index contributed by atoms with van der Waals surface area (Å²) in [7, 11) is 0. The van der Waals surface area contributed by atoms with Crippen LogP contribution in [0.25, 0.3) is 0 Å². The van der Waals surface area contributed by atoms with Crippen molar-refractivity contribution in [2.24, 2.45) is 0 Å². The maximum atomic E-state index is 11.9. The SMILES string of the molecule is C[C@H](NC(=O)OC(C)(C)C)c1ccc(C#CC#Cc2ccc([C@H](C)NC(=O)OC(C)(C)C)cc2)cc1. The molecule has 36 heavy (non-hydrogen) atoms. The van der Waals surface area contributed by atoms with E-state index < -0.39 is 23.4 Å². The molecule has 0 aromatic heterocycles. The molecule has 0 bridgehead atoms. The minimum absolute atomic E-state index is 0.188. The number of nitrogens with one attached hydrogen (secondary N) is 2. The zero-order valence-electron chi connectivity index (χ0n) is 22.4. The molecule has 6 heteroatoms. The topological polar surface area (TPSA) is 76.7 Å². The van der Waals surface area contributed by atoms with Crippen LogP contribution in [0.2, 0.25) is 0 Å². The Kier molecular flexibility index (Phi) is 9.59. The van der Waals surface area contributed by atoms with Gasteiger partial charge in [-0.3, -0.25) is 0 Å². The summed E-state index contributed by atoms with van der Waals surface area (Å²) < 4.78 is 10.6. The molecule has 2 aromatic carbocycles. The number of carbonyl (C=O) groups excluding carboxylic acids is 2. The Hall–Kier alpha value is -3.90. The van der Waals surface area contributed by atoms with Crippen LogP contribution in [0.4, 0.5) is 9.59 Å². The van der Waals surface area contributed by atoms with Crippen molar-refractivity contribution in [3.8, 4) is 23.7 Å². The summed E-state index contributed by atoms with van der Waals surface area (Å²) in [4.78, 5) is 23.9. The quantitative estimate of drug-likeness (QED) is 0.498. The van der Waals surface area contributed by atoms with Crippen LogP contribution < -0.4 is 10.6 Å². The lowest BCUT2D eigenvalue weighted by Crippen LogP contribution is -2.34. The molecule has 0 radical (unpaired) electrons. The molecule has 2 N–H and O–H groups in total. The van der Waals surface area contributed by atoms with Crippen LogP contribution in [0.15, 0.2) is 48.5 Å². The summed E-state index contributed by atoms with van der Waals surface area (Å²) in [5, 5.41) is 5.65. The van der Waals surface area contributed by atoms with Gasteiger partial charge in [-0.15, -0.1) is 0 Å². The van der Waals surface area contributed by atoms with Crippen LogP contribution in [0.3, 0.4) is 0 Å². The molecule has 0 saturated carbocycles. The number of amides is 2. The van der Waals surface area contributed by atoms with Gasteiger partial charge in [-0.2, -0.15) is 0 Å². The molecule has 0 aliphatic rings. The number of carbonyl (C=O) groups is 2. The first kappa shape index (κ1) is 28.3. The summed E-state index contributed by atoms with van der Waals surface area (Å²) in [5.41, 5.74) is 2.48. The smallest absolute Gasteiger partial charge is 0.408 e. The van der Waals surface area contributed by atoms with E-state index in [-0.39, 0.29) is 12.1 Å². The highest BCUT2D eigenvalue weighted by atomic mass is 16.6. The van der Waals surface area contributed by atoms with Gasteiger partial charge in [0, 0.05) is 11.1 Å².